The molecule has 1 unspecified atom stereocenters. The van der Waals surface area contributed by atoms with Crippen molar-refractivity contribution in [2.24, 2.45) is 5.92 Å². The highest BCUT2D eigenvalue weighted by Gasteiger charge is 2.35. The van der Waals surface area contributed by atoms with E-state index in [9.17, 15) is 9.59 Å². The molecule has 3 rings (SSSR count). The molecule has 0 saturated carbocycles. The van der Waals surface area contributed by atoms with E-state index in [-0.39, 0.29) is 12.1 Å². The highest BCUT2D eigenvalue weighted by Crippen LogP contribution is 2.27. The normalized spacial score (nSPS) is 32.9. The first-order valence-corrected chi connectivity index (χ1v) is 6.08. The molecule has 0 aromatic rings. The van der Waals surface area contributed by atoms with Gasteiger partial charge in [-0.05, 0) is 38.8 Å². The molecule has 0 aliphatic carbocycles. The molecule has 3 heterocycles. The zero-order chi connectivity index (χ0) is 12.4. The Morgan fingerprint density at radius 2 is 2.00 bits per heavy atom. The number of carbonyl (C=O) groups excluding carboxylic acids is 1. The summed E-state index contributed by atoms with van der Waals surface area (Å²) in [6, 6.07) is -1.06. The Morgan fingerprint density at radius 1 is 1.35 bits per heavy atom. The van der Waals surface area contributed by atoms with E-state index in [2.05, 4.69) is 15.5 Å². The molecular formula is C11H19N3O3. The van der Waals surface area contributed by atoms with E-state index in [1.54, 1.807) is 0 Å². The minimum atomic E-state index is -1.02. The molecule has 0 radical (unpaired) electrons. The van der Waals surface area contributed by atoms with Crippen LogP contribution in [0.5, 0.6) is 0 Å². The lowest BCUT2D eigenvalue weighted by atomic mass is 9.84. The van der Waals surface area contributed by atoms with Crippen LogP contribution in [-0.4, -0.2) is 53.7 Å². The molecular weight excluding hydrogens is 222 g/mol. The van der Waals surface area contributed by atoms with E-state index < -0.39 is 12.0 Å². The van der Waals surface area contributed by atoms with Crippen LogP contribution in [0.25, 0.3) is 0 Å². The molecule has 0 spiro atoms. The number of hydrogen-bond donors (Lipinski definition) is 3. The van der Waals surface area contributed by atoms with Gasteiger partial charge in [-0.1, -0.05) is 0 Å². The van der Waals surface area contributed by atoms with Gasteiger partial charge in [0.1, 0.15) is 6.04 Å². The Morgan fingerprint density at radius 3 is 2.47 bits per heavy atom. The standard InChI is InChI=1S/C11H19N3O3/c1-7(10(15)16)12-11(17)13-9-6-14-4-2-8(9)3-5-14/h7-9H,2-6H2,1H3,(H,15,16)(H2,12,13,17)/t7-,9?/m0/s1. The quantitative estimate of drug-likeness (QED) is 0.642. The summed E-state index contributed by atoms with van der Waals surface area (Å²) in [4.78, 5) is 24.5. The van der Waals surface area contributed by atoms with Gasteiger partial charge in [-0.2, -0.15) is 0 Å². The molecule has 96 valence electrons. The Balaban J connectivity index is 1.81. The van der Waals surface area contributed by atoms with Crippen molar-refractivity contribution < 1.29 is 14.7 Å². The molecule has 17 heavy (non-hydrogen) atoms. The average molecular weight is 241 g/mol. The lowest BCUT2D eigenvalue weighted by Crippen LogP contribution is -2.59. The predicted octanol–water partition coefficient (Wildman–Crippen LogP) is -0.147. The number of amides is 2. The van der Waals surface area contributed by atoms with Crippen LogP contribution < -0.4 is 10.6 Å². The molecule has 3 aliphatic heterocycles. The number of rotatable bonds is 3. The smallest absolute Gasteiger partial charge is 0.325 e. The summed E-state index contributed by atoms with van der Waals surface area (Å²) in [5.74, 6) is -0.472. The second-order valence-electron chi connectivity index (χ2n) is 4.92. The van der Waals surface area contributed by atoms with Crippen molar-refractivity contribution in [3.63, 3.8) is 0 Å². The number of carbonyl (C=O) groups is 2. The second kappa shape index (κ2) is 4.91. The third-order valence-electron chi connectivity index (χ3n) is 3.69. The first-order chi connectivity index (χ1) is 8.06. The molecule has 6 nitrogen and oxygen atoms in total. The second-order valence-corrected chi connectivity index (χ2v) is 4.92. The van der Waals surface area contributed by atoms with E-state index in [4.69, 9.17) is 5.11 Å². The van der Waals surface area contributed by atoms with Crippen LogP contribution in [0.3, 0.4) is 0 Å². The summed E-state index contributed by atoms with van der Waals surface area (Å²) >= 11 is 0. The first-order valence-electron chi connectivity index (χ1n) is 6.08. The van der Waals surface area contributed by atoms with Crippen LogP contribution in [-0.2, 0) is 4.79 Å². The van der Waals surface area contributed by atoms with Crippen molar-refractivity contribution in [3.8, 4) is 0 Å². The Labute approximate surface area is 100 Å². The van der Waals surface area contributed by atoms with Gasteiger partial charge in [0.2, 0.25) is 0 Å². The lowest BCUT2D eigenvalue weighted by Gasteiger charge is -2.44. The van der Waals surface area contributed by atoms with Gasteiger partial charge in [0.25, 0.3) is 0 Å². The van der Waals surface area contributed by atoms with Crippen LogP contribution in [0.15, 0.2) is 0 Å². The van der Waals surface area contributed by atoms with Crippen LogP contribution >= 0.6 is 0 Å². The van der Waals surface area contributed by atoms with Gasteiger partial charge in [-0.15, -0.1) is 0 Å². The Bertz CT molecular complexity index is 313. The molecule has 2 atom stereocenters. The fraction of sp³-hybridized carbons (Fsp3) is 0.818. The predicted molar refractivity (Wildman–Crippen MR) is 61.7 cm³/mol. The van der Waals surface area contributed by atoms with E-state index in [1.165, 1.54) is 6.92 Å². The highest BCUT2D eigenvalue weighted by molar-refractivity contribution is 5.82. The molecule has 0 aromatic heterocycles. The number of piperidine rings is 3. The van der Waals surface area contributed by atoms with Crippen LogP contribution in [0.2, 0.25) is 0 Å². The van der Waals surface area contributed by atoms with Crippen molar-refractivity contribution in [2.75, 3.05) is 19.6 Å². The molecule has 6 heteroatoms. The summed E-state index contributed by atoms with van der Waals surface area (Å²) in [5.41, 5.74) is 0. The summed E-state index contributed by atoms with van der Waals surface area (Å²) in [5, 5.41) is 14.0. The average Bonchev–Trinajstić information content (AvgIpc) is 2.30. The van der Waals surface area contributed by atoms with Crippen molar-refractivity contribution in [1.82, 2.24) is 15.5 Å². The summed E-state index contributed by atoms with van der Waals surface area (Å²) in [7, 11) is 0. The lowest BCUT2D eigenvalue weighted by molar-refractivity contribution is -0.138. The van der Waals surface area contributed by atoms with Crippen LogP contribution in [0.4, 0.5) is 4.79 Å². The van der Waals surface area contributed by atoms with Crippen LogP contribution in [0, 0.1) is 5.92 Å². The maximum absolute atomic E-state index is 11.6. The zero-order valence-electron chi connectivity index (χ0n) is 9.98. The monoisotopic (exact) mass is 241 g/mol. The Hall–Kier alpha value is -1.30. The van der Waals surface area contributed by atoms with Crippen molar-refractivity contribution in [1.29, 1.82) is 0 Å². The summed E-state index contributed by atoms with van der Waals surface area (Å²) in [6.07, 6.45) is 2.25. The van der Waals surface area contributed by atoms with Gasteiger partial charge in [0, 0.05) is 12.6 Å². The van der Waals surface area contributed by atoms with Gasteiger partial charge in [0.15, 0.2) is 0 Å². The number of nitrogens with one attached hydrogen (secondary N) is 2. The van der Waals surface area contributed by atoms with Gasteiger partial charge in [-0.25, -0.2) is 4.79 Å². The fourth-order valence-electron chi connectivity index (χ4n) is 2.60. The van der Waals surface area contributed by atoms with Gasteiger partial charge in [-0.3, -0.25) is 4.79 Å². The third kappa shape index (κ3) is 2.88. The minimum absolute atomic E-state index is 0.165. The van der Waals surface area contributed by atoms with Crippen molar-refractivity contribution >= 4 is 12.0 Å². The fourth-order valence-corrected chi connectivity index (χ4v) is 2.60. The van der Waals surface area contributed by atoms with Gasteiger partial charge in [0.05, 0.1) is 0 Å². The van der Waals surface area contributed by atoms with E-state index >= 15 is 0 Å². The highest BCUT2D eigenvalue weighted by atomic mass is 16.4. The van der Waals surface area contributed by atoms with Crippen LogP contribution in [0.1, 0.15) is 19.8 Å². The maximum Gasteiger partial charge on any atom is 0.325 e. The van der Waals surface area contributed by atoms with Gasteiger partial charge >= 0.3 is 12.0 Å². The molecule has 3 saturated heterocycles. The summed E-state index contributed by atoms with van der Waals surface area (Å²) in [6.45, 7) is 4.59. The largest absolute Gasteiger partial charge is 0.480 e. The number of carboxylic acid groups (broad SMARTS) is 1. The first kappa shape index (κ1) is 12.2. The van der Waals surface area contributed by atoms with Crippen molar-refractivity contribution in [2.45, 2.75) is 31.8 Å². The third-order valence-corrected chi connectivity index (χ3v) is 3.69. The molecule has 3 fully saturated rings. The van der Waals surface area contributed by atoms with E-state index in [1.807, 2.05) is 0 Å². The Kier molecular flexibility index (Phi) is 3.51. The molecule has 2 amide bonds. The molecule has 0 aromatic carbocycles. The zero-order valence-corrected chi connectivity index (χ0v) is 9.98. The van der Waals surface area contributed by atoms with E-state index in [0.717, 1.165) is 32.5 Å². The number of fused-ring (bicyclic) bond motifs is 3. The van der Waals surface area contributed by atoms with Gasteiger partial charge < -0.3 is 20.6 Å². The molecule has 3 aliphatic rings. The summed E-state index contributed by atoms with van der Waals surface area (Å²) < 4.78 is 0. The maximum atomic E-state index is 11.6. The SMILES string of the molecule is C[C@H](NC(=O)NC1CN2CCC1CC2)C(=O)O. The number of carboxylic acids is 1. The topological polar surface area (TPSA) is 81.7 Å². The number of aliphatic carboxylic acids is 1. The van der Waals surface area contributed by atoms with E-state index in [0.29, 0.717) is 5.92 Å². The van der Waals surface area contributed by atoms with Crippen molar-refractivity contribution in [3.05, 3.63) is 0 Å². The number of urea groups is 1. The minimum Gasteiger partial charge on any atom is -0.480 e. The molecule has 2 bridgehead atoms. The molecule has 3 N–H and O–H groups in total. The number of hydrogen-bond acceptors (Lipinski definition) is 3. The number of nitrogens with zero attached hydrogens (tertiary/aromatic N) is 1.